The lowest BCUT2D eigenvalue weighted by atomic mass is 10.1. The molecule has 0 bridgehead atoms. The normalized spacial score (nSPS) is 10.7. The first-order valence-electron chi connectivity index (χ1n) is 5.80. The Kier molecular flexibility index (Phi) is 3.88. The van der Waals surface area contributed by atoms with Crippen molar-refractivity contribution in [2.45, 2.75) is 19.8 Å². The van der Waals surface area contributed by atoms with Crippen molar-refractivity contribution in [2.75, 3.05) is 13.6 Å². The molecule has 0 aliphatic heterocycles. The lowest BCUT2D eigenvalue weighted by molar-refractivity contribution is 0.379. The SMILES string of the molecule is CNCCc1noc(Cc2ccccc2C)n1. The summed E-state index contributed by atoms with van der Waals surface area (Å²) in [5.41, 5.74) is 2.48. The Hall–Kier alpha value is -1.68. The molecule has 2 rings (SSSR count). The third-order valence-electron chi connectivity index (χ3n) is 2.71. The average Bonchev–Trinajstić information content (AvgIpc) is 2.77. The van der Waals surface area contributed by atoms with Gasteiger partial charge in [-0.3, -0.25) is 0 Å². The van der Waals surface area contributed by atoms with E-state index in [-0.39, 0.29) is 0 Å². The fourth-order valence-corrected chi connectivity index (χ4v) is 1.67. The molecule has 4 nitrogen and oxygen atoms in total. The second kappa shape index (κ2) is 5.59. The summed E-state index contributed by atoms with van der Waals surface area (Å²) in [5.74, 6) is 1.45. The van der Waals surface area contributed by atoms with Gasteiger partial charge in [0.25, 0.3) is 0 Å². The van der Waals surface area contributed by atoms with Gasteiger partial charge in [-0.2, -0.15) is 4.98 Å². The summed E-state index contributed by atoms with van der Waals surface area (Å²) in [6, 6.07) is 8.24. The van der Waals surface area contributed by atoms with Crippen LogP contribution >= 0.6 is 0 Å². The second-order valence-corrected chi connectivity index (χ2v) is 4.06. The Morgan fingerprint density at radius 3 is 2.88 bits per heavy atom. The van der Waals surface area contributed by atoms with Crippen molar-refractivity contribution in [2.24, 2.45) is 0 Å². The Balaban J connectivity index is 2.04. The van der Waals surface area contributed by atoms with E-state index in [0.29, 0.717) is 12.3 Å². The minimum atomic E-state index is 0.686. The molecule has 0 aliphatic rings. The lowest BCUT2D eigenvalue weighted by Crippen LogP contribution is -2.11. The number of aromatic nitrogens is 2. The minimum absolute atomic E-state index is 0.686. The minimum Gasteiger partial charge on any atom is -0.339 e. The molecule has 0 radical (unpaired) electrons. The third-order valence-corrected chi connectivity index (χ3v) is 2.71. The van der Waals surface area contributed by atoms with Crippen LogP contribution in [0.15, 0.2) is 28.8 Å². The summed E-state index contributed by atoms with van der Waals surface area (Å²) in [5, 5.41) is 7.02. The van der Waals surface area contributed by atoms with Gasteiger partial charge in [-0.05, 0) is 25.1 Å². The molecule has 0 saturated carbocycles. The highest BCUT2D eigenvalue weighted by atomic mass is 16.5. The molecule has 90 valence electrons. The maximum atomic E-state index is 5.23. The molecule has 1 aromatic carbocycles. The van der Waals surface area contributed by atoms with Crippen molar-refractivity contribution < 1.29 is 4.52 Å². The number of nitrogens with one attached hydrogen (secondary N) is 1. The van der Waals surface area contributed by atoms with E-state index in [1.807, 2.05) is 19.2 Å². The number of benzene rings is 1. The zero-order chi connectivity index (χ0) is 12.1. The molecular weight excluding hydrogens is 214 g/mol. The van der Waals surface area contributed by atoms with E-state index < -0.39 is 0 Å². The zero-order valence-electron chi connectivity index (χ0n) is 10.2. The average molecular weight is 231 g/mol. The Bertz CT molecular complexity index is 479. The summed E-state index contributed by atoms with van der Waals surface area (Å²) < 4.78 is 5.23. The predicted molar refractivity (Wildman–Crippen MR) is 65.9 cm³/mol. The maximum absolute atomic E-state index is 5.23. The number of aryl methyl sites for hydroxylation is 1. The van der Waals surface area contributed by atoms with Crippen LogP contribution < -0.4 is 5.32 Å². The van der Waals surface area contributed by atoms with Crippen LogP contribution in [0, 0.1) is 6.92 Å². The largest absolute Gasteiger partial charge is 0.339 e. The van der Waals surface area contributed by atoms with Crippen molar-refractivity contribution in [3.05, 3.63) is 47.1 Å². The summed E-state index contributed by atoms with van der Waals surface area (Å²) in [7, 11) is 1.91. The quantitative estimate of drug-likeness (QED) is 0.851. The molecular formula is C13H17N3O. The van der Waals surface area contributed by atoms with Gasteiger partial charge in [0.05, 0.1) is 6.42 Å². The first kappa shape index (κ1) is 11.8. The van der Waals surface area contributed by atoms with Crippen LogP contribution in [0.25, 0.3) is 0 Å². The standard InChI is InChI=1S/C13H17N3O/c1-10-5-3-4-6-11(10)9-13-15-12(16-17-13)7-8-14-2/h3-6,14H,7-9H2,1-2H3. The van der Waals surface area contributed by atoms with Gasteiger partial charge in [0, 0.05) is 13.0 Å². The van der Waals surface area contributed by atoms with Gasteiger partial charge in [0.15, 0.2) is 5.82 Å². The number of hydrogen-bond donors (Lipinski definition) is 1. The third kappa shape index (κ3) is 3.14. The first-order chi connectivity index (χ1) is 8.29. The van der Waals surface area contributed by atoms with Gasteiger partial charge >= 0.3 is 0 Å². The lowest BCUT2D eigenvalue weighted by Gasteiger charge is -2.00. The van der Waals surface area contributed by atoms with Crippen LogP contribution in [0.4, 0.5) is 0 Å². The summed E-state index contributed by atoms with van der Waals surface area (Å²) in [6.07, 6.45) is 1.51. The molecule has 0 fully saturated rings. The number of nitrogens with zero attached hydrogens (tertiary/aromatic N) is 2. The van der Waals surface area contributed by atoms with Crippen molar-refractivity contribution in [1.29, 1.82) is 0 Å². The van der Waals surface area contributed by atoms with Crippen LogP contribution in [0.5, 0.6) is 0 Å². The van der Waals surface area contributed by atoms with Crippen LogP contribution in [-0.2, 0) is 12.8 Å². The molecule has 0 saturated heterocycles. The van der Waals surface area contributed by atoms with Crippen LogP contribution in [-0.4, -0.2) is 23.7 Å². The van der Waals surface area contributed by atoms with E-state index in [1.165, 1.54) is 11.1 Å². The van der Waals surface area contributed by atoms with Crippen molar-refractivity contribution in [3.63, 3.8) is 0 Å². The van der Waals surface area contributed by atoms with E-state index in [4.69, 9.17) is 4.52 Å². The molecule has 2 aromatic rings. The summed E-state index contributed by atoms with van der Waals surface area (Å²) in [6.45, 7) is 2.96. The van der Waals surface area contributed by atoms with Crippen LogP contribution in [0.1, 0.15) is 22.8 Å². The van der Waals surface area contributed by atoms with Gasteiger partial charge in [0.2, 0.25) is 5.89 Å². The van der Waals surface area contributed by atoms with Crippen molar-refractivity contribution >= 4 is 0 Å². The molecule has 0 aliphatic carbocycles. The topological polar surface area (TPSA) is 51.0 Å². The van der Waals surface area contributed by atoms with Gasteiger partial charge in [-0.1, -0.05) is 29.4 Å². The molecule has 17 heavy (non-hydrogen) atoms. The highest BCUT2D eigenvalue weighted by Gasteiger charge is 2.07. The Morgan fingerprint density at radius 2 is 2.12 bits per heavy atom. The maximum Gasteiger partial charge on any atom is 0.231 e. The fourth-order valence-electron chi connectivity index (χ4n) is 1.67. The number of hydrogen-bond acceptors (Lipinski definition) is 4. The first-order valence-corrected chi connectivity index (χ1v) is 5.80. The second-order valence-electron chi connectivity index (χ2n) is 4.06. The number of rotatable bonds is 5. The molecule has 1 heterocycles. The van der Waals surface area contributed by atoms with Gasteiger partial charge in [-0.15, -0.1) is 0 Å². The highest BCUT2D eigenvalue weighted by Crippen LogP contribution is 2.12. The van der Waals surface area contributed by atoms with Gasteiger partial charge in [-0.25, -0.2) is 0 Å². The van der Waals surface area contributed by atoms with Crippen LogP contribution in [0.3, 0.4) is 0 Å². The van der Waals surface area contributed by atoms with Gasteiger partial charge < -0.3 is 9.84 Å². The van der Waals surface area contributed by atoms with E-state index in [0.717, 1.165) is 18.8 Å². The van der Waals surface area contributed by atoms with Crippen molar-refractivity contribution in [3.8, 4) is 0 Å². The fraction of sp³-hybridized carbons (Fsp3) is 0.385. The molecule has 0 spiro atoms. The van der Waals surface area contributed by atoms with E-state index in [1.54, 1.807) is 0 Å². The van der Waals surface area contributed by atoms with Crippen LogP contribution in [0.2, 0.25) is 0 Å². The van der Waals surface area contributed by atoms with E-state index in [2.05, 4.69) is 34.5 Å². The molecule has 4 heteroatoms. The molecule has 0 unspecified atom stereocenters. The van der Waals surface area contributed by atoms with E-state index in [9.17, 15) is 0 Å². The monoisotopic (exact) mass is 231 g/mol. The predicted octanol–water partition coefficient (Wildman–Crippen LogP) is 1.73. The highest BCUT2D eigenvalue weighted by molar-refractivity contribution is 5.27. The zero-order valence-corrected chi connectivity index (χ0v) is 10.2. The Labute approximate surface area is 101 Å². The van der Waals surface area contributed by atoms with Crippen molar-refractivity contribution in [1.82, 2.24) is 15.5 Å². The smallest absolute Gasteiger partial charge is 0.231 e. The molecule has 0 amide bonds. The molecule has 1 N–H and O–H groups in total. The molecule has 1 aromatic heterocycles. The molecule has 0 atom stereocenters. The summed E-state index contributed by atoms with van der Waals surface area (Å²) in [4.78, 5) is 4.37. The van der Waals surface area contributed by atoms with Gasteiger partial charge in [0.1, 0.15) is 0 Å². The number of likely N-dealkylation sites (N-methyl/N-ethyl adjacent to an activating group) is 1. The van der Waals surface area contributed by atoms with E-state index >= 15 is 0 Å². The Morgan fingerprint density at radius 1 is 1.29 bits per heavy atom. The summed E-state index contributed by atoms with van der Waals surface area (Å²) >= 11 is 0.